The number of amides is 2. The molecule has 2 aromatic carbocycles. The number of ether oxygens (including phenoxy) is 2. The molecule has 2 N–H and O–H groups in total. The lowest BCUT2D eigenvalue weighted by Gasteiger charge is -2.13. The van der Waals surface area contributed by atoms with E-state index in [0.29, 0.717) is 18.0 Å². The lowest BCUT2D eigenvalue weighted by Crippen LogP contribution is -2.23. The number of anilines is 1. The molecule has 0 spiro atoms. The third-order valence-corrected chi connectivity index (χ3v) is 5.71. The molecule has 160 valence electrons. The van der Waals surface area contributed by atoms with Crippen molar-refractivity contribution < 1.29 is 19.1 Å². The zero-order valence-corrected chi connectivity index (χ0v) is 18.1. The maximum absolute atomic E-state index is 12.3. The molecule has 4 rings (SSSR count). The summed E-state index contributed by atoms with van der Waals surface area (Å²) in [6.07, 6.45) is 0.957. The van der Waals surface area contributed by atoms with Crippen LogP contribution in [0.1, 0.15) is 37.4 Å². The summed E-state index contributed by atoms with van der Waals surface area (Å²) in [5.74, 6) is 1.31. The van der Waals surface area contributed by atoms with E-state index in [0.717, 1.165) is 33.9 Å². The third kappa shape index (κ3) is 5.21. The van der Waals surface area contributed by atoms with Gasteiger partial charge in [0.25, 0.3) is 0 Å². The molecule has 0 aliphatic carbocycles. The Balaban J connectivity index is 1.32. The number of fused-ring (bicyclic) bond motifs is 1. The van der Waals surface area contributed by atoms with E-state index in [2.05, 4.69) is 15.6 Å². The summed E-state index contributed by atoms with van der Waals surface area (Å²) in [6, 6.07) is 13.5. The minimum absolute atomic E-state index is 0.0541. The number of aryl methyl sites for hydroxylation is 1. The van der Waals surface area contributed by atoms with Crippen LogP contribution >= 0.6 is 11.3 Å². The Hall–Kier alpha value is -3.39. The number of carbonyl (C=O) groups excluding carboxylic acids is 2. The number of hydrogen-bond acceptors (Lipinski definition) is 6. The number of aromatic nitrogens is 1. The quantitative estimate of drug-likeness (QED) is 0.575. The number of nitrogens with one attached hydrogen (secondary N) is 2. The number of benzene rings is 2. The van der Waals surface area contributed by atoms with Crippen LogP contribution in [0.3, 0.4) is 0 Å². The molecule has 3 aromatic rings. The van der Waals surface area contributed by atoms with E-state index in [1.807, 2.05) is 54.8 Å². The highest BCUT2D eigenvalue weighted by Gasteiger charge is 2.14. The van der Waals surface area contributed by atoms with Crippen LogP contribution in [0.5, 0.6) is 11.5 Å². The second kappa shape index (κ2) is 9.18. The van der Waals surface area contributed by atoms with Gasteiger partial charge in [-0.15, -0.1) is 11.3 Å². The van der Waals surface area contributed by atoms with Gasteiger partial charge in [0.15, 0.2) is 16.6 Å². The summed E-state index contributed by atoms with van der Waals surface area (Å²) in [5, 5.41) is 8.22. The maximum Gasteiger partial charge on any atom is 0.231 e. The van der Waals surface area contributed by atoms with Gasteiger partial charge in [0.05, 0.1) is 11.7 Å². The van der Waals surface area contributed by atoms with Crippen LogP contribution in [0.15, 0.2) is 47.8 Å². The Morgan fingerprint density at radius 1 is 1.13 bits per heavy atom. The van der Waals surface area contributed by atoms with Gasteiger partial charge < -0.3 is 20.1 Å². The van der Waals surface area contributed by atoms with Gasteiger partial charge in [-0.05, 0) is 36.6 Å². The van der Waals surface area contributed by atoms with Crippen molar-refractivity contribution in [1.29, 1.82) is 0 Å². The zero-order valence-electron chi connectivity index (χ0n) is 17.3. The number of carbonyl (C=O) groups is 2. The number of thiazole rings is 1. The van der Waals surface area contributed by atoms with Crippen LogP contribution in [0, 0.1) is 0 Å². The summed E-state index contributed by atoms with van der Waals surface area (Å²) in [7, 11) is 0. The minimum Gasteiger partial charge on any atom is -0.454 e. The average molecular weight is 438 g/mol. The first-order valence-electron chi connectivity index (χ1n) is 9.99. The molecule has 31 heavy (non-hydrogen) atoms. The summed E-state index contributed by atoms with van der Waals surface area (Å²) < 4.78 is 10.7. The highest BCUT2D eigenvalue weighted by atomic mass is 32.1. The van der Waals surface area contributed by atoms with E-state index in [1.165, 1.54) is 18.3 Å². The predicted octanol–water partition coefficient (Wildman–Crippen LogP) is 4.31. The average Bonchev–Trinajstić information content (AvgIpc) is 3.41. The predicted molar refractivity (Wildman–Crippen MR) is 119 cm³/mol. The van der Waals surface area contributed by atoms with Crippen LogP contribution in [-0.2, 0) is 16.0 Å². The maximum atomic E-state index is 12.3. The third-order valence-electron chi connectivity index (χ3n) is 4.95. The second-order valence-electron chi connectivity index (χ2n) is 7.32. The monoisotopic (exact) mass is 437 g/mol. The van der Waals surface area contributed by atoms with Crippen LogP contribution in [0.25, 0.3) is 11.3 Å². The molecule has 8 heteroatoms. The lowest BCUT2D eigenvalue weighted by molar-refractivity contribution is -0.119. The molecule has 1 aromatic heterocycles. The fraction of sp³-hybridized carbons (Fsp3) is 0.261. The Morgan fingerprint density at radius 3 is 2.68 bits per heavy atom. The van der Waals surface area contributed by atoms with E-state index >= 15 is 0 Å². The number of nitrogens with zero attached hydrogens (tertiary/aromatic N) is 1. The molecule has 2 amide bonds. The van der Waals surface area contributed by atoms with Crippen LogP contribution in [-0.4, -0.2) is 23.6 Å². The van der Waals surface area contributed by atoms with Gasteiger partial charge in [-0.25, -0.2) is 4.98 Å². The fourth-order valence-corrected chi connectivity index (χ4v) is 4.07. The standard InChI is InChI=1S/C23H23N3O4S/c1-14(24-15(2)27)17-5-7-18(8-6-17)19-12-31-23(25-19)26-22(28)10-4-16-3-9-20-21(11-16)30-13-29-20/h3,5-9,11-12,14H,4,10,13H2,1-2H3,(H,24,27)(H,25,26,28). The van der Waals surface area contributed by atoms with Crippen molar-refractivity contribution in [3.05, 3.63) is 59.0 Å². The zero-order chi connectivity index (χ0) is 21.8. The Bertz CT molecular complexity index is 1090. The topological polar surface area (TPSA) is 89.6 Å². The molecule has 0 fully saturated rings. The van der Waals surface area contributed by atoms with E-state index in [4.69, 9.17) is 9.47 Å². The van der Waals surface area contributed by atoms with E-state index in [-0.39, 0.29) is 24.6 Å². The van der Waals surface area contributed by atoms with Crippen molar-refractivity contribution in [1.82, 2.24) is 10.3 Å². The number of rotatable bonds is 7. The molecule has 0 saturated heterocycles. The molecule has 7 nitrogen and oxygen atoms in total. The molecule has 1 aliphatic heterocycles. The first-order valence-corrected chi connectivity index (χ1v) is 10.9. The fourth-order valence-electron chi connectivity index (χ4n) is 3.33. The first-order chi connectivity index (χ1) is 15.0. The molecule has 2 heterocycles. The van der Waals surface area contributed by atoms with Crippen LogP contribution in [0.2, 0.25) is 0 Å². The SMILES string of the molecule is CC(=O)NC(C)c1ccc(-c2csc(NC(=O)CCc3ccc4c(c3)OCO4)n2)cc1. The molecular weight excluding hydrogens is 414 g/mol. The van der Waals surface area contributed by atoms with E-state index < -0.39 is 0 Å². The summed E-state index contributed by atoms with van der Waals surface area (Å²) in [5.41, 5.74) is 3.80. The highest BCUT2D eigenvalue weighted by molar-refractivity contribution is 7.14. The van der Waals surface area contributed by atoms with E-state index in [9.17, 15) is 9.59 Å². The highest BCUT2D eigenvalue weighted by Crippen LogP contribution is 2.33. The Labute approximate surface area is 184 Å². The van der Waals surface area contributed by atoms with Gasteiger partial charge in [0.2, 0.25) is 18.6 Å². The van der Waals surface area contributed by atoms with E-state index in [1.54, 1.807) is 0 Å². The molecule has 0 radical (unpaired) electrons. The molecule has 1 aliphatic rings. The van der Waals surface area contributed by atoms with Crippen molar-refractivity contribution in [2.24, 2.45) is 0 Å². The van der Waals surface area contributed by atoms with Gasteiger partial charge in [0, 0.05) is 24.3 Å². The summed E-state index contributed by atoms with van der Waals surface area (Å²) in [6.45, 7) is 3.68. The molecular formula is C23H23N3O4S. The Morgan fingerprint density at radius 2 is 1.90 bits per heavy atom. The van der Waals surface area contributed by atoms with Crippen molar-refractivity contribution in [3.8, 4) is 22.8 Å². The second-order valence-corrected chi connectivity index (χ2v) is 8.18. The van der Waals surface area contributed by atoms with Crippen LogP contribution in [0.4, 0.5) is 5.13 Å². The largest absolute Gasteiger partial charge is 0.454 e. The van der Waals surface area contributed by atoms with Gasteiger partial charge >= 0.3 is 0 Å². The van der Waals surface area contributed by atoms with Crippen molar-refractivity contribution in [3.63, 3.8) is 0 Å². The molecule has 1 atom stereocenters. The van der Waals surface area contributed by atoms with Crippen molar-refractivity contribution in [2.75, 3.05) is 12.1 Å². The molecule has 0 bridgehead atoms. The van der Waals surface area contributed by atoms with Gasteiger partial charge in [-0.3, -0.25) is 9.59 Å². The summed E-state index contributed by atoms with van der Waals surface area (Å²) in [4.78, 5) is 28.1. The van der Waals surface area contributed by atoms with Gasteiger partial charge in [-0.2, -0.15) is 0 Å². The van der Waals surface area contributed by atoms with Crippen LogP contribution < -0.4 is 20.1 Å². The summed E-state index contributed by atoms with van der Waals surface area (Å²) >= 11 is 1.39. The smallest absolute Gasteiger partial charge is 0.231 e. The Kier molecular flexibility index (Phi) is 6.18. The van der Waals surface area contributed by atoms with Gasteiger partial charge in [-0.1, -0.05) is 30.3 Å². The van der Waals surface area contributed by atoms with Crippen molar-refractivity contribution >= 4 is 28.3 Å². The molecule has 0 saturated carbocycles. The first kappa shape index (κ1) is 20.9. The number of hydrogen-bond donors (Lipinski definition) is 2. The normalized spacial score (nSPS) is 13.0. The minimum atomic E-state index is -0.0851. The molecule has 1 unspecified atom stereocenters. The van der Waals surface area contributed by atoms with Crippen molar-refractivity contribution in [2.45, 2.75) is 32.7 Å². The van der Waals surface area contributed by atoms with Gasteiger partial charge in [0.1, 0.15) is 0 Å². The lowest BCUT2D eigenvalue weighted by atomic mass is 10.1.